The molecule has 0 spiro atoms. The maximum atomic E-state index is 8.14. The number of nitrogens with zero attached hydrogens (tertiary/aromatic N) is 1. The van der Waals surface area contributed by atoms with Crippen molar-refractivity contribution in [3.05, 3.63) is 102 Å². The zero-order valence-corrected chi connectivity index (χ0v) is 18.9. The fraction of sp³-hybridized carbons (Fsp3) is 0.129. The molecule has 0 saturated heterocycles. The monoisotopic (exact) mass is 431 g/mol. The molecule has 2 nitrogen and oxygen atoms in total. The first kappa shape index (κ1) is 16.7. The summed E-state index contributed by atoms with van der Waals surface area (Å²) in [7, 11) is 1.90. The van der Waals surface area contributed by atoms with E-state index in [2.05, 4.69) is 56.3 Å². The van der Waals surface area contributed by atoms with Crippen molar-refractivity contribution in [1.29, 1.82) is 0 Å². The molecule has 0 saturated carbocycles. The van der Waals surface area contributed by atoms with Crippen molar-refractivity contribution in [2.24, 2.45) is 7.05 Å². The number of pyridine rings is 1. The molecule has 2 aromatic heterocycles. The van der Waals surface area contributed by atoms with Crippen LogP contribution < -0.4 is 4.57 Å². The fourth-order valence-corrected chi connectivity index (χ4v) is 5.06. The Hall–Kier alpha value is -3.91. The highest BCUT2D eigenvalue weighted by molar-refractivity contribution is 6.20. The van der Waals surface area contributed by atoms with E-state index in [1.165, 1.54) is 16.3 Å². The van der Waals surface area contributed by atoms with Gasteiger partial charge in [0.05, 0.1) is 5.56 Å². The fourth-order valence-electron chi connectivity index (χ4n) is 5.06. The predicted molar refractivity (Wildman–Crippen MR) is 137 cm³/mol. The first-order valence-corrected chi connectivity index (χ1v) is 11.2. The van der Waals surface area contributed by atoms with Gasteiger partial charge in [0, 0.05) is 32.1 Å². The third kappa shape index (κ3) is 2.98. The van der Waals surface area contributed by atoms with Crippen LogP contribution in [-0.2, 0) is 7.05 Å². The Bertz CT molecular complexity index is 1800. The van der Waals surface area contributed by atoms with Gasteiger partial charge < -0.3 is 4.42 Å². The van der Waals surface area contributed by atoms with E-state index in [0.29, 0.717) is 5.56 Å². The SMILES string of the molecule is [2H]C([2H])([2H])c1c[n+](C)c(-c2ccc3c(oc4cc(C)c5ccccc5c43)c2C)cc1-c1ccccc1. The zero-order valence-electron chi connectivity index (χ0n) is 21.9. The molecule has 0 radical (unpaired) electrons. The van der Waals surface area contributed by atoms with Crippen LogP contribution in [0.4, 0.5) is 0 Å². The summed E-state index contributed by atoms with van der Waals surface area (Å²) in [6.45, 7) is 1.97. The van der Waals surface area contributed by atoms with Gasteiger partial charge in [-0.2, -0.15) is 0 Å². The Morgan fingerprint density at radius 1 is 0.758 bits per heavy atom. The molecule has 0 aliphatic carbocycles. The number of fused-ring (bicyclic) bond motifs is 5. The van der Waals surface area contributed by atoms with E-state index in [1.54, 1.807) is 6.20 Å². The maximum absolute atomic E-state index is 8.14. The van der Waals surface area contributed by atoms with Gasteiger partial charge in [0.15, 0.2) is 6.20 Å². The zero-order chi connectivity index (χ0) is 25.2. The summed E-state index contributed by atoms with van der Waals surface area (Å²) in [6, 6.07) is 26.5. The number of hydrogen-bond acceptors (Lipinski definition) is 1. The van der Waals surface area contributed by atoms with Crippen LogP contribution in [0.25, 0.3) is 55.1 Å². The van der Waals surface area contributed by atoms with Gasteiger partial charge in [-0.1, -0.05) is 54.6 Å². The van der Waals surface area contributed by atoms with E-state index >= 15 is 0 Å². The summed E-state index contributed by atoms with van der Waals surface area (Å²) in [5, 5.41) is 4.64. The predicted octanol–water partition coefficient (Wildman–Crippen LogP) is 7.82. The number of rotatable bonds is 2. The van der Waals surface area contributed by atoms with E-state index in [4.69, 9.17) is 8.53 Å². The molecule has 0 atom stereocenters. The molecular weight excluding hydrogens is 402 g/mol. The van der Waals surface area contributed by atoms with Crippen LogP contribution in [0.15, 0.2) is 89.5 Å². The second-order valence-corrected chi connectivity index (χ2v) is 8.79. The number of aryl methyl sites for hydroxylation is 4. The Morgan fingerprint density at radius 3 is 2.30 bits per heavy atom. The highest BCUT2D eigenvalue weighted by Crippen LogP contribution is 2.40. The summed E-state index contributed by atoms with van der Waals surface area (Å²) in [6.07, 6.45) is 1.74. The molecule has 2 heterocycles. The van der Waals surface area contributed by atoms with Crippen molar-refractivity contribution in [1.82, 2.24) is 0 Å². The van der Waals surface area contributed by atoms with Gasteiger partial charge in [0.25, 0.3) is 0 Å². The number of furan rings is 1. The Labute approximate surface area is 197 Å². The number of aromatic nitrogens is 1. The Balaban J connectivity index is 1.63. The third-order valence-electron chi connectivity index (χ3n) is 6.74. The normalized spacial score (nSPS) is 13.4. The van der Waals surface area contributed by atoms with Crippen LogP contribution in [-0.4, -0.2) is 0 Å². The minimum Gasteiger partial charge on any atom is -0.456 e. The lowest BCUT2D eigenvalue weighted by Crippen LogP contribution is -2.31. The quantitative estimate of drug-likeness (QED) is 0.255. The molecule has 0 N–H and O–H groups in total. The smallest absolute Gasteiger partial charge is 0.213 e. The van der Waals surface area contributed by atoms with Gasteiger partial charge >= 0.3 is 0 Å². The molecule has 2 heteroatoms. The van der Waals surface area contributed by atoms with Crippen LogP contribution in [0.2, 0.25) is 0 Å². The molecule has 4 aromatic carbocycles. The molecule has 0 aliphatic rings. The topological polar surface area (TPSA) is 17.0 Å². The second kappa shape index (κ2) is 7.31. The van der Waals surface area contributed by atoms with Crippen molar-refractivity contribution in [3.8, 4) is 22.4 Å². The summed E-state index contributed by atoms with van der Waals surface area (Å²) >= 11 is 0. The van der Waals surface area contributed by atoms with Crippen LogP contribution in [0.3, 0.4) is 0 Å². The van der Waals surface area contributed by atoms with E-state index in [1.807, 2.05) is 48.0 Å². The molecule has 0 aliphatic heterocycles. The standard InChI is InChI=1S/C31H26NO/c1-19-16-29-30(25-13-9-8-12-23(19)25)26-15-14-24(21(3)31(26)33-29)28-17-27(20(2)18-32(28)4)22-10-6-5-7-11-22/h5-18H,1-4H3/q+1/i2D3. The lowest BCUT2D eigenvalue weighted by molar-refractivity contribution is -0.660. The molecule has 0 fully saturated rings. The lowest BCUT2D eigenvalue weighted by Gasteiger charge is -2.10. The van der Waals surface area contributed by atoms with Gasteiger partial charge in [0.1, 0.15) is 18.2 Å². The summed E-state index contributed by atoms with van der Waals surface area (Å²) < 4.78 is 32.8. The average Bonchev–Trinajstić information content (AvgIpc) is 3.24. The van der Waals surface area contributed by atoms with E-state index in [0.717, 1.165) is 49.9 Å². The summed E-state index contributed by atoms with van der Waals surface area (Å²) in [4.78, 5) is 0. The Kier molecular flexibility index (Phi) is 3.70. The molecule has 0 bridgehead atoms. The highest BCUT2D eigenvalue weighted by atomic mass is 16.3. The number of hydrogen-bond donors (Lipinski definition) is 0. The van der Waals surface area contributed by atoms with Crippen LogP contribution in [0.5, 0.6) is 0 Å². The van der Waals surface area contributed by atoms with Gasteiger partial charge in [-0.15, -0.1) is 0 Å². The molecule has 6 rings (SSSR count). The van der Waals surface area contributed by atoms with Gasteiger partial charge in [-0.05, 0) is 66.4 Å². The summed E-state index contributed by atoms with van der Waals surface area (Å²) in [5.41, 5.74) is 7.85. The van der Waals surface area contributed by atoms with Crippen LogP contribution >= 0.6 is 0 Å². The van der Waals surface area contributed by atoms with Crippen LogP contribution in [0.1, 0.15) is 20.8 Å². The maximum Gasteiger partial charge on any atom is 0.213 e. The van der Waals surface area contributed by atoms with Crippen molar-refractivity contribution in [2.45, 2.75) is 20.7 Å². The molecule has 6 aromatic rings. The minimum atomic E-state index is -2.22. The second-order valence-electron chi connectivity index (χ2n) is 8.79. The first-order valence-electron chi connectivity index (χ1n) is 12.7. The van der Waals surface area contributed by atoms with E-state index in [9.17, 15) is 0 Å². The largest absolute Gasteiger partial charge is 0.456 e. The van der Waals surface area contributed by atoms with Crippen molar-refractivity contribution >= 4 is 32.7 Å². The van der Waals surface area contributed by atoms with Crippen molar-refractivity contribution in [2.75, 3.05) is 0 Å². The summed E-state index contributed by atoms with van der Waals surface area (Å²) in [5.74, 6) is 0. The van der Waals surface area contributed by atoms with Gasteiger partial charge in [-0.3, -0.25) is 0 Å². The molecule has 0 unspecified atom stereocenters. The lowest BCUT2D eigenvalue weighted by atomic mass is 9.95. The van der Waals surface area contributed by atoms with Crippen molar-refractivity contribution in [3.63, 3.8) is 0 Å². The molecule has 0 amide bonds. The van der Waals surface area contributed by atoms with Gasteiger partial charge in [-0.25, -0.2) is 4.57 Å². The van der Waals surface area contributed by atoms with E-state index in [-0.39, 0.29) is 0 Å². The molecule has 160 valence electrons. The Morgan fingerprint density at radius 2 is 1.52 bits per heavy atom. The van der Waals surface area contributed by atoms with Crippen molar-refractivity contribution < 1.29 is 13.1 Å². The first-order chi connectivity index (χ1) is 17.2. The van der Waals surface area contributed by atoms with Gasteiger partial charge in [0.2, 0.25) is 5.69 Å². The van der Waals surface area contributed by atoms with E-state index < -0.39 is 6.85 Å². The average molecular weight is 432 g/mol. The molecular formula is C31H26NO+. The third-order valence-corrected chi connectivity index (χ3v) is 6.74. The minimum absolute atomic E-state index is 0.337. The van der Waals surface area contributed by atoms with Crippen LogP contribution in [0, 0.1) is 20.7 Å². The number of benzene rings is 4. The highest BCUT2D eigenvalue weighted by Gasteiger charge is 2.21. The molecule has 33 heavy (non-hydrogen) atoms.